The number of aldehydes is 1. The van der Waals surface area contributed by atoms with E-state index in [1.165, 1.54) is 25.0 Å². The Balaban J connectivity index is 3.31. The first-order valence-electron chi connectivity index (χ1n) is 4.46. The van der Waals surface area contributed by atoms with Gasteiger partial charge in [-0.1, -0.05) is 26.2 Å². The van der Waals surface area contributed by atoms with Crippen molar-refractivity contribution in [2.75, 3.05) is 0 Å². The molecule has 12 heavy (non-hydrogen) atoms. The van der Waals surface area contributed by atoms with E-state index in [1.54, 1.807) is 0 Å². The molecule has 0 atom stereocenters. The highest BCUT2D eigenvalue weighted by Gasteiger charge is 1.95. The highest BCUT2D eigenvalue weighted by atomic mass is 16.1. The maximum atomic E-state index is 10.9. The van der Waals surface area contributed by atoms with Crippen molar-refractivity contribution < 1.29 is 9.59 Å². The smallest absolute Gasteiger partial charge is 0.155 e. The molecule has 2 heteroatoms. The molecule has 0 unspecified atom stereocenters. The second-order valence-electron chi connectivity index (χ2n) is 2.77. The minimum absolute atomic E-state index is 0.0539. The molecule has 0 saturated heterocycles. The van der Waals surface area contributed by atoms with E-state index in [1.807, 2.05) is 0 Å². The van der Waals surface area contributed by atoms with Crippen LogP contribution < -0.4 is 0 Å². The van der Waals surface area contributed by atoms with Crippen LogP contribution in [0.25, 0.3) is 0 Å². The van der Waals surface area contributed by atoms with Crippen LogP contribution in [0, 0.1) is 0 Å². The quantitative estimate of drug-likeness (QED) is 0.332. The van der Waals surface area contributed by atoms with Crippen molar-refractivity contribution in [2.45, 2.75) is 39.0 Å². The molecule has 0 aliphatic carbocycles. The van der Waals surface area contributed by atoms with Crippen LogP contribution in [0.1, 0.15) is 39.0 Å². The molecule has 0 N–H and O–H groups in total. The molecule has 0 aromatic rings. The average Bonchev–Trinajstić information content (AvgIpc) is 2.09. The Kier molecular flexibility index (Phi) is 7.55. The molecular weight excluding hydrogens is 152 g/mol. The largest absolute Gasteiger partial charge is 0.299 e. The number of unbranched alkanes of at least 4 members (excludes halogenated alkanes) is 3. The molecule has 0 fully saturated rings. The van der Waals surface area contributed by atoms with Gasteiger partial charge in [-0.15, -0.1) is 0 Å². The van der Waals surface area contributed by atoms with Crippen molar-refractivity contribution >= 4 is 12.1 Å². The summed E-state index contributed by atoms with van der Waals surface area (Å²) >= 11 is 0. The summed E-state index contributed by atoms with van der Waals surface area (Å²) in [5.74, 6) is 0.0539. The predicted octanol–water partition coefficient (Wildman–Crippen LogP) is 2.28. The zero-order chi connectivity index (χ0) is 9.23. The van der Waals surface area contributed by atoms with E-state index < -0.39 is 0 Å². The van der Waals surface area contributed by atoms with Crippen LogP contribution >= 0.6 is 0 Å². The molecule has 0 saturated carbocycles. The van der Waals surface area contributed by atoms with Gasteiger partial charge in [0, 0.05) is 6.42 Å². The summed E-state index contributed by atoms with van der Waals surface area (Å²) < 4.78 is 0. The standard InChI is InChI=1S/C10H16O2/c1-2-3-4-5-7-10(12)8-6-9-11/h6,8-9H,2-5,7H2,1H3/b8-6-. The van der Waals surface area contributed by atoms with Crippen molar-refractivity contribution in [3.05, 3.63) is 12.2 Å². The molecule has 0 aromatic heterocycles. The Labute approximate surface area is 73.7 Å². The molecule has 0 heterocycles. The average molecular weight is 168 g/mol. The van der Waals surface area contributed by atoms with Gasteiger partial charge in [-0.2, -0.15) is 0 Å². The van der Waals surface area contributed by atoms with Crippen molar-refractivity contribution in [1.29, 1.82) is 0 Å². The minimum atomic E-state index is 0.0539. The van der Waals surface area contributed by atoms with Gasteiger partial charge in [-0.25, -0.2) is 0 Å². The lowest BCUT2D eigenvalue weighted by Crippen LogP contribution is -1.92. The highest BCUT2D eigenvalue weighted by Crippen LogP contribution is 2.02. The fourth-order valence-electron chi connectivity index (χ4n) is 0.956. The Bertz CT molecular complexity index is 159. The first-order valence-corrected chi connectivity index (χ1v) is 4.46. The first-order chi connectivity index (χ1) is 5.81. The summed E-state index contributed by atoms with van der Waals surface area (Å²) in [5, 5.41) is 0. The number of allylic oxidation sites excluding steroid dienone is 2. The normalized spacial score (nSPS) is 10.4. The summed E-state index contributed by atoms with van der Waals surface area (Å²) in [5.41, 5.74) is 0. The van der Waals surface area contributed by atoms with Crippen molar-refractivity contribution in [1.82, 2.24) is 0 Å². The Morgan fingerprint density at radius 2 is 2.00 bits per heavy atom. The molecule has 0 aliphatic heterocycles. The number of carbonyl (C=O) groups excluding carboxylic acids is 2. The van der Waals surface area contributed by atoms with E-state index in [0.717, 1.165) is 12.8 Å². The molecule has 68 valence electrons. The van der Waals surface area contributed by atoms with Crippen molar-refractivity contribution in [2.24, 2.45) is 0 Å². The summed E-state index contributed by atoms with van der Waals surface area (Å²) in [7, 11) is 0. The fourth-order valence-corrected chi connectivity index (χ4v) is 0.956. The third-order valence-electron chi connectivity index (χ3n) is 1.64. The molecular formula is C10H16O2. The predicted molar refractivity (Wildman–Crippen MR) is 49.0 cm³/mol. The third-order valence-corrected chi connectivity index (χ3v) is 1.64. The van der Waals surface area contributed by atoms with E-state index in [2.05, 4.69) is 6.92 Å². The van der Waals surface area contributed by atoms with Crippen LogP contribution in [0.2, 0.25) is 0 Å². The van der Waals surface area contributed by atoms with Crippen molar-refractivity contribution in [3.63, 3.8) is 0 Å². The third kappa shape index (κ3) is 7.19. The van der Waals surface area contributed by atoms with Gasteiger partial charge in [0.25, 0.3) is 0 Å². The number of hydrogen-bond acceptors (Lipinski definition) is 2. The van der Waals surface area contributed by atoms with Gasteiger partial charge in [0.2, 0.25) is 0 Å². The maximum Gasteiger partial charge on any atom is 0.155 e. The van der Waals surface area contributed by atoms with E-state index in [0.29, 0.717) is 12.7 Å². The molecule has 0 aliphatic rings. The molecule has 0 bridgehead atoms. The van der Waals surface area contributed by atoms with Crippen LogP contribution in [-0.2, 0) is 9.59 Å². The van der Waals surface area contributed by atoms with Gasteiger partial charge >= 0.3 is 0 Å². The van der Waals surface area contributed by atoms with E-state index in [9.17, 15) is 9.59 Å². The van der Waals surface area contributed by atoms with Crippen LogP contribution in [-0.4, -0.2) is 12.1 Å². The zero-order valence-electron chi connectivity index (χ0n) is 7.58. The summed E-state index contributed by atoms with van der Waals surface area (Å²) in [6.45, 7) is 2.13. The minimum Gasteiger partial charge on any atom is -0.299 e. The first kappa shape index (κ1) is 11.1. The second kappa shape index (κ2) is 8.18. The van der Waals surface area contributed by atoms with Gasteiger partial charge in [-0.3, -0.25) is 9.59 Å². The van der Waals surface area contributed by atoms with Gasteiger partial charge in [0.15, 0.2) is 5.78 Å². The second-order valence-corrected chi connectivity index (χ2v) is 2.77. The van der Waals surface area contributed by atoms with E-state index in [-0.39, 0.29) is 5.78 Å². The lowest BCUT2D eigenvalue weighted by atomic mass is 10.1. The Morgan fingerprint density at radius 1 is 1.25 bits per heavy atom. The number of ketones is 1. The van der Waals surface area contributed by atoms with Crippen LogP contribution in [0.3, 0.4) is 0 Å². The SMILES string of the molecule is CCCCCCC(=O)/C=C\C=O. The van der Waals surface area contributed by atoms with Crippen LogP contribution in [0.5, 0.6) is 0 Å². The van der Waals surface area contributed by atoms with Gasteiger partial charge in [0.05, 0.1) is 0 Å². The zero-order valence-corrected chi connectivity index (χ0v) is 7.58. The lowest BCUT2D eigenvalue weighted by Gasteiger charge is -1.94. The molecule has 0 spiro atoms. The van der Waals surface area contributed by atoms with Crippen molar-refractivity contribution in [3.8, 4) is 0 Å². The molecule has 0 radical (unpaired) electrons. The summed E-state index contributed by atoms with van der Waals surface area (Å²) in [6.07, 6.45) is 8.21. The highest BCUT2D eigenvalue weighted by molar-refractivity contribution is 5.92. The number of rotatable bonds is 7. The maximum absolute atomic E-state index is 10.9. The van der Waals surface area contributed by atoms with Gasteiger partial charge < -0.3 is 0 Å². The fraction of sp³-hybridized carbons (Fsp3) is 0.600. The van der Waals surface area contributed by atoms with E-state index >= 15 is 0 Å². The van der Waals surface area contributed by atoms with Gasteiger partial charge in [0.1, 0.15) is 6.29 Å². The lowest BCUT2D eigenvalue weighted by molar-refractivity contribution is -0.115. The van der Waals surface area contributed by atoms with Gasteiger partial charge in [-0.05, 0) is 18.6 Å². The molecule has 0 rings (SSSR count). The Hall–Kier alpha value is -0.920. The number of carbonyl (C=O) groups is 2. The summed E-state index contributed by atoms with van der Waals surface area (Å²) in [4.78, 5) is 20.8. The van der Waals surface area contributed by atoms with E-state index in [4.69, 9.17) is 0 Å². The molecule has 2 nitrogen and oxygen atoms in total. The topological polar surface area (TPSA) is 34.1 Å². The molecule has 0 aromatic carbocycles. The van der Waals surface area contributed by atoms with Crippen LogP contribution in [0.4, 0.5) is 0 Å². The summed E-state index contributed by atoms with van der Waals surface area (Å²) in [6, 6.07) is 0. The Morgan fingerprint density at radius 3 is 2.58 bits per heavy atom. The van der Waals surface area contributed by atoms with Crippen LogP contribution in [0.15, 0.2) is 12.2 Å². The molecule has 0 amide bonds. The number of hydrogen-bond donors (Lipinski definition) is 0. The monoisotopic (exact) mass is 168 g/mol.